The molecular formula is C17H28N3O6S+. The normalized spacial score (nSPS) is 15.2. The molecular weight excluding hydrogens is 374 g/mol. The van der Waals surface area contributed by atoms with Crippen molar-refractivity contribution in [3.63, 3.8) is 0 Å². The van der Waals surface area contributed by atoms with Crippen LogP contribution in [0.4, 0.5) is 5.69 Å². The van der Waals surface area contributed by atoms with Gasteiger partial charge in [0.05, 0.1) is 52.5 Å². The van der Waals surface area contributed by atoms with Gasteiger partial charge in [-0.3, -0.25) is 9.10 Å². The second-order valence-electron chi connectivity index (χ2n) is 6.27. The molecule has 1 aromatic rings. The Morgan fingerprint density at radius 2 is 1.89 bits per heavy atom. The lowest BCUT2D eigenvalue weighted by atomic mass is 10.2. The molecule has 0 spiro atoms. The summed E-state index contributed by atoms with van der Waals surface area (Å²) in [4.78, 5) is 13.6. The fourth-order valence-corrected chi connectivity index (χ4v) is 3.70. The number of nitrogens with one attached hydrogen (secondary N) is 2. The third-order valence-electron chi connectivity index (χ3n) is 4.34. The maximum absolute atomic E-state index is 12.3. The molecule has 0 aromatic heterocycles. The highest BCUT2D eigenvalue weighted by molar-refractivity contribution is 7.92. The van der Waals surface area contributed by atoms with Gasteiger partial charge in [-0.05, 0) is 12.1 Å². The zero-order chi connectivity index (χ0) is 19.9. The maximum Gasteiger partial charge on any atom is 0.240 e. The standard InChI is InChI=1S/C17H27N3O6S/c1-24-15-5-4-14(12-16(15)25-2)20(27(3,22)23)13-17(21)18-6-7-19-8-10-26-11-9-19/h4-5,12H,6-11,13H2,1-3H3,(H,18,21)/p+1. The molecule has 1 aliphatic rings. The van der Waals surface area contributed by atoms with Crippen molar-refractivity contribution in [1.29, 1.82) is 0 Å². The van der Waals surface area contributed by atoms with Crippen molar-refractivity contribution in [2.75, 3.05) is 70.7 Å². The van der Waals surface area contributed by atoms with Crippen molar-refractivity contribution in [2.45, 2.75) is 0 Å². The van der Waals surface area contributed by atoms with Crippen molar-refractivity contribution in [1.82, 2.24) is 5.32 Å². The van der Waals surface area contributed by atoms with Crippen LogP contribution in [0.25, 0.3) is 0 Å². The van der Waals surface area contributed by atoms with Crippen LogP contribution in [0.2, 0.25) is 0 Å². The number of quaternary nitrogens is 1. The lowest BCUT2D eigenvalue weighted by Crippen LogP contribution is -3.14. The number of benzene rings is 1. The van der Waals surface area contributed by atoms with Crippen molar-refractivity contribution in [2.24, 2.45) is 0 Å². The fraction of sp³-hybridized carbons (Fsp3) is 0.588. The molecule has 0 bridgehead atoms. The number of anilines is 1. The molecule has 0 aliphatic carbocycles. The SMILES string of the molecule is COc1ccc(N(CC(=O)NCC[NH+]2CCOCC2)S(C)(=O)=O)cc1OC. The number of sulfonamides is 1. The lowest BCUT2D eigenvalue weighted by Gasteiger charge is -2.25. The molecule has 0 saturated carbocycles. The van der Waals surface area contributed by atoms with Crippen LogP contribution >= 0.6 is 0 Å². The number of hydrogen-bond donors (Lipinski definition) is 2. The molecule has 0 radical (unpaired) electrons. The molecule has 10 heteroatoms. The summed E-state index contributed by atoms with van der Waals surface area (Å²) in [6, 6.07) is 4.71. The minimum Gasteiger partial charge on any atom is -0.493 e. The number of rotatable bonds is 9. The predicted molar refractivity (Wildman–Crippen MR) is 101 cm³/mol. The minimum absolute atomic E-state index is 0.299. The Labute approximate surface area is 160 Å². The van der Waals surface area contributed by atoms with Gasteiger partial charge in [-0.15, -0.1) is 0 Å². The zero-order valence-electron chi connectivity index (χ0n) is 16.0. The predicted octanol–water partition coefficient (Wildman–Crippen LogP) is -1.50. The minimum atomic E-state index is -3.65. The topological polar surface area (TPSA) is 98.6 Å². The number of carbonyl (C=O) groups is 1. The molecule has 1 aromatic carbocycles. The van der Waals surface area contributed by atoms with Crippen molar-refractivity contribution in [3.8, 4) is 11.5 Å². The van der Waals surface area contributed by atoms with E-state index in [-0.39, 0.29) is 12.5 Å². The number of morpholine rings is 1. The van der Waals surface area contributed by atoms with Crippen molar-refractivity contribution in [3.05, 3.63) is 18.2 Å². The molecule has 152 valence electrons. The van der Waals surface area contributed by atoms with Gasteiger partial charge in [-0.2, -0.15) is 0 Å². The van der Waals surface area contributed by atoms with Crippen molar-refractivity contribution >= 4 is 21.6 Å². The molecule has 1 fully saturated rings. The molecule has 9 nitrogen and oxygen atoms in total. The number of nitrogens with zero attached hydrogens (tertiary/aromatic N) is 1. The summed E-state index contributed by atoms with van der Waals surface area (Å²) in [6.45, 7) is 4.25. The average molecular weight is 402 g/mol. The highest BCUT2D eigenvalue weighted by Gasteiger charge is 2.22. The average Bonchev–Trinajstić information content (AvgIpc) is 2.65. The summed E-state index contributed by atoms with van der Waals surface area (Å²) in [7, 11) is -0.688. The number of methoxy groups -OCH3 is 2. The van der Waals surface area contributed by atoms with E-state index in [4.69, 9.17) is 14.2 Å². The van der Waals surface area contributed by atoms with Crippen molar-refractivity contribution < 1.29 is 32.3 Å². The number of ether oxygens (including phenoxy) is 3. The second kappa shape index (κ2) is 9.77. The molecule has 2 rings (SSSR count). The van der Waals surface area contributed by atoms with Gasteiger partial charge in [-0.25, -0.2) is 8.42 Å². The number of hydrogen-bond acceptors (Lipinski definition) is 6. The Hall–Kier alpha value is -2.04. The van der Waals surface area contributed by atoms with Gasteiger partial charge < -0.3 is 24.4 Å². The molecule has 2 N–H and O–H groups in total. The molecule has 1 aliphatic heterocycles. The number of carbonyl (C=O) groups excluding carboxylic acids is 1. The van der Waals surface area contributed by atoms with Gasteiger partial charge in [-0.1, -0.05) is 0 Å². The van der Waals surface area contributed by atoms with E-state index in [1.54, 1.807) is 12.1 Å². The summed E-state index contributed by atoms with van der Waals surface area (Å²) >= 11 is 0. The fourth-order valence-electron chi connectivity index (χ4n) is 2.86. The van der Waals surface area contributed by atoms with Gasteiger partial charge in [0.25, 0.3) is 0 Å². The zero-order valence-corrected chi connectivity index (χ0v) is 16.8. The molecule has 1 heterocycles. The smallest absolute Gasteiger partial charge is 0.240 e. The summed E-state index contributed by atoms with van der Waals surface area (Å²) in [5, 5.41) is 2.79. The summed E-state index contributed by atoms with van der Waals surface area (Å²) in [6.07, 6.45) is 1.06. The van der Waals surface area contributed by atoms with E-state index < -0.39 is 10.0 Å². The van der Waals surface area contributed by atoms with E-state index in [1.165, 1.54) is 25.2 Å². The summed E-state index contributed by atoms with van der Waals surface area (Å²) < 4.78 is 41.1. The largest absolute Gasteiger partial charge is 0.493 e. The monoisotopic (exact) mass is 402 g/mol. The third-order valence-corrected chi connectivity index (χ3v) is 5.48. The van der Waals surface area contributed by atoms with E-state index in [0.717, 1.165) is 43.4 Å². The Kier molecular flexibility index (Phi) is 7.69. The van der Waals surface area contributed by atoms with Gasteiger partial charge in [0.1, 0.15) is 19.6 Å². The van der Waals surface area contributed by atoms with Crippen LogP contribution in [-0.2, 0) is 19.6 Å². The molecule has 1 amide bonds. The number of amides is 1. The molecule has 27 heavy (non-hydrogen) atoms. The van der Waals surface area contributed by atoms with E-state index in [0.29, 0.717) is 23.7 Å². The Morgan fingerprint density at radius 3 is 2.48 bits per heavy atom. The van der Waals surface area contributed by atoms with Crippen LogP contribution in [0.15, 0.2) is 18.2 Å². The van der Waals surface area contributed by atoms with Crippen LogP contribution < -0.4 is 24.0 Å². The molecule has 0 unspecified atom stereocenters. The summed E-state index contributed by atoms with van der Waals surface area (Å²) in [5.74, 6) is 0.510. The lowest BCUT2D eigenvalue weighted by molar-refractivity contribution is -0.906. The van der Waals surface area contributed by atoms with Crippen LogP contribution in [-0.4, -0.2) is 80.7 Å². The van der Waals surface area contributed by atoms with Gasteiger partial charge in [0, 0.05) is 6.07 Å². The second-order valence-corrected chi connectivity index (χ2v) is 8.18. The van der Waals surface area contributed by atoms with Gasteiger partial charge in [0.2, 0.25) is 15.9 Å². The first-order chi connectivity index (χ1) is 12.8. The van der Waals surface area contributed by atoms with Crippen LogP contribution in [0.3, 0.4) is 0 Å². The highest BCUT2D eigenvalue weighted by atomic mass is 32.2. The van der Waals surface area contributed by atoms with Gasteiger partial charge in [0.15, 0.2) is 11.5 Å². The molecule has 1 saturated heterocycles. The highest BCUT2D eigenvalue weighted by Crippen LogP contribution is 2.32. The van der Waals surface area contributed by atoms with Gasteiger partial charge >= 0.3 is 0 Å². The first-order valence-electron chi connectivity index (χ1n) is 8.73. The third kappa shape index (κ3) is 6.26. The first kappa shape index (κ1) is 21.3. The van der Waals surface area contributed by atoms with Crippen LogP contribution in [0.5, 0.6) is 11.5 Å². The Morgan fingerprint density at radius 1 is 1.22 bits per heavy atom. The Balaban J connectivity index is 2.01. The first-order valence-corrected chi connectivity index (χ1v) is 10.6. The van der Waals surface area contributed by atoms with Crippen LogP contribution in [0.1, 0.15) is 0 Å². The van der Waals surface area contributed by atoms with E-state index >= 15 is 0 Å². The van der Waals surface area contributed by atoms with Crippen LogP contribution in [0, 0.1) is 0 Å². The van der Waals surface area contributed by atoms with E-state index in [2.05, 4.69) is 5.32 Å². The van der Waals surface area contributed by atoms with E-state index in [9.17, 15) is 13.2 Å². The maximum atomic E-state index is 12.3. The molecule has 0 atom stereocenters. The summed E-state index contributed by atoms with van der Waals surface area (Å²) in [5.41, 5.74) is 0.337. The Bertz CT molecular complexity index is 734. The quantitative estimate of drug-likeness (QED) is 0.522. The van der Waals surface area contributed by atoms with E-state index in [1.807, 2.05) is 0 Å².